The van der Waals surface area contributed by atoms with Crippen molar-refractivity contribution in [3.05, 3.63) is 63.2 Å². The Bertz CT molecular complexity index is 627. The van der Waals surface area contributed by atoms with Crippen molar-refractivity contribution >= 4 is 34.2 Å². The SMILES string of the molecule is O=C1NCN(Cc2ccccc2I)c2ccccc21. The summed E-state index contributed by atoms with van der Waals surface area (Å²) in [5.74, 6) is 0.00890. The number of para-hydroxylation sites is 1. The first kappa shape index (κ1) is 12.5. The lowest BCUT2D eigenvalue weighted by molar-refractivity contribution is 0.0947. The van der Waals surface area contributed by atoms with Gasteiger partial charge >= 0.3 is 0 Å². The molecule has 0 fully saturated rings. The highest BCUT2D eigenvalue weighted by Crippen LogP contribution is 2.25. The van der Waals surface area contributed by atoms with E-state index in [0.29, 0.717) is 6.67 Å². The molecule has 2 aromatic rings. The fourth-order valence-corrected chi connectivity index (χ4v) is 2.82. The number of fused-ring (bicyclic) bond motifs is 1. The molecule has 96 valence electrons. The highest BCUT2D eigenvalue weighted by Gasteiger charge is 2.22. The van der Waals surface area contributed by atoms with Gasteiger partial charge < -0.3 is 10.2 Å². The average Bonchev–Trinajstić information content (AvgIpc) is 2.44. The fourth-order valence-electron chi connectivity index (χ4n) is 2.26. The van der Waals surface area contributed by atoms with Crippen LogP contribution in [-0.4, -0.2) is 12.6 Å². The molecule has 1 aliphatic heterocycles. The zero-order valence-corrected chi connectivity index (χ0v) is 12.4. The predicted molar refractivity (Wildman–Crippen MR) is 84.1 cm³/mol. The maximum absolute atomic E-state index is 11.8. The van der Waals surface area contributed by atoms with E-state index in [2.05, 4.69) is 44.9 Å². The molecule has 0 aromatic heterocycles. The van der Waals surface area contributed by atoms with Crippen LogP contribution in [0.1, 0.15) is 15.9 Å². The molecule has 0 bridgehead atoms. The molecule has 0 unspecified atom stereocenters. The predicted octanol–water partition coefficient (Wildman–Crippen LogP) is 3.00. The molecule has 1 heterocycles. The lowest BCUT2D eigenvalue weighted by Gasteiger charge is -2.31. The number of amides is 1. The summed E-state index contributed by atoms with van der Waals surface area (Å²) in [5, 5.41) is 2.91. The van der Waals surface area contributed by atoms with Crippen molar-refractivity contribution in [2.24, 2.45) is 0 Å². The second-order valence-corrected chi connectivity index (χ2v) is 5.63. The quantitative estimate of drug-likeness (QED) is 0.831. The van der Waals surface area contributed by atoms with Gasteiger partial charge in [0.05, 0.1) is 17.9 Å². The lowest BCUT2D eigenvalue weighted by Crippen LogP contribution is -2.43. The maximum Gasteiger partial charge on any atom is 0.254 e. The molecule has 0 aliphatic carbocycles. The molecule has 1 amide bonds. The summed E-state index contributed by atoms with van der Waals surface area (Å²) >= 11 is 2.35. The van der Waals surface area contributed by atoms with Crippen LogP contribution in [0.5, 0.6) is 0 Å². The Kier molecular flexibility index (Phi) is 3.42. The molecule has 3 rings (SSSR count). The van der Waals surface area contributed by atoms with Crippen LogP contribution in [-0.2, 0) is 6.54 Å². The van der Waals surface area contributed by atoms with Gasteiger partial charge in [0, 0.05) is 10.1 Å². The second kappa shape index (κ2) is 5.21. The summed E-state index contributed by atoms with van der Waals surface area (Å²) < 4.78 is 1.24. The first-order valence-corrected chi connectivity index (χ1v) is 7.19. The van der Waals surface area contributed by atoms with Gasteiger partial charge in [-0.25, -0.2) is 0 Å². The van der Waals surface area contributed by atoms with Crippen LogP contribution in [0.3, 0.4) is 0 Å². The summed E-state index contributed by atoms with van der Waals surface area (Å²) in [4.78, 5) is 14.0. The van der Waals surface area contributed by atoms with Crippen LogP contribution < -0.4 is 10.2 Å². The standard InChI is InChI=1S/C15H13IN2O/c16-13-7-3-1-5-11(13)9-18-10-17-15(19)12-6-2-4-8-14(12)18/h1-8H,9-10H2,(H,17,19). The Labute approximate surface area is 125 Å². The third-order valence-corrected chi connectivity index (χ3v) is 4.29. The number of hydrogen-bond acceptors (Lipinski definition) is 2. The molecule has 1 N–H and O–H groups in total. The Morgan fingerprint density at radius 2 is 1.84 bits per heavy atom. The van der Waals surface area contributed by atoms with Crippen molar-refractivity contribution in [2.75, 3.05) is 11.6 Å². The highest BCUT2D eigenvalue weighted by molar-refractivity contribution is 14.1. The topological polar surface area (TPSA) is 32.3 Å². The van der Waals surface area contributed by atoms with Crippen molar-refractivity contribution in [2.45, 2.75) is 6.54 Å². The molecular weight excluding hydrogens is 351 g/mol. The van der Waals surface area contributed by atoms with E-state index in [4.69, 9.17) is 0 Å². The van der Waals surface area contributed by atoms with E-state index in [1.165, 1.54) is 9.13 Å². The van der Waals surface area contributed by atoms with Gasteiger partial charge in [-0.1, -0.05) is 30.3 Å². The van der Waals surface area contributed by atoms with Crippen molar-refractivity contribution in [1.29, 1.82) is 0 Å². The molecule has 0 saturated carbocycles. The largest absolute Gasteiger partial charge is 0.349 e. The molecule has 0 spiro atoms. The zero-order valence-electron chi connectivity index (χ0n) is 10.3. The van der Waals surface area contributed by atoms with E-state index in [-0.39, 0.29) is 5.91 Å². The molecule has 4 heteroatoms. The van der Waals surface area contributed by atoms with E-state index < -0.39 is 0 Å². The van der Waals surface area contributed by atoms with Crippen LogP contribution in [0, 0.1) is 3.57 Å². The Balaban J connectivity index is 1.93. The van der Waals surface area contributed by atoms with Gasteiger partial charge in [0.1, 0.15) is 0 Å². The minimum absolute atomic E-state index is 0.00890. The average molecular weight is 364 g/mol. The van der Waals surface area contributed by atoms with Crippen molar-refractivity contribution < 1.29 is 4.79 Å². The molecule has 3 nitrogen and oxygen atoms in total. The van der Waals surface area contributed by atoms with E-state index in [1.807, 2.05) is 36.4 Å². The second-order valence-electron chi connectivity index (χ2n) is 4.47. The number of hydrogen-bond donors (Lipinski definition) is 1. The van der Waals surface area contributed by atoms with Gasteiger partial charge in [-0.3, -0.25) is 4.79 Å². The van der Waals surface area contributed by atoms with Crippen molar-refractivity contribution in [3.8, 4) is 0 Å². The molecule has 2 aromatic carbocycles. The van der Waals surface area contributed by atoms with Crippen molar-refractivity contribution in [3.63, 3.8) is 0 Å². The summed E-state index contributed by atoms with van der Waals surface area (Å²) in [7, 11) is 0. The third kappa shape index (κ3) is 2.45. The number of anilines is 1. The summed E-state index contributed by atoms with van der Waals surface area (Å²) in [6.45, 7) is 1.36. The Morgan fingerprint density at radius 3 is 2.68 bits per heavy atom. The van der Waals surface area contributed by atoms with Crippen LogP contribution in [0.2, 0.25) is 0 Å². The summed E-state index contributed by atoms with van der Waals surface area (Å²) in [5.41, 5.74) is 3.03. The maximum atomic E-state index is 11.8. The van der Waals surface area contributed by atoms with Crippen LogP contribution in [0.15, 0.2) is 48.5 Å². The fraction of sp³-hybridized carbons (Fsp3) is 0.133. The smallest absolute Gasteiger partial charge is 0.254 e. The monoisotopic (exact) mass is 364 g/mol. The minimum atomic E-state index is 0.00890. The molecular formula is C15H13IN2O. The van der Waals surface area contributed by atoms with Gasteiger partial charge in [0.2, 0.25) is 0 Å². The van der Waals surface area contributed by atoms with E-state index in [9.17, 15) is 4.79 Å². The van der Waals surface area contributed by atoms with Gasteiger partial charge in [-0.15, -0.1) is 0 Å². The number of nitrogens with one attached hydrogen (secondary N) is 1. The molecule has 0 atom stereocenters. The molecule has 19 heavy (non-hydrogen) atoms. The molecule has 0 saturated heterocycles. The van der Waals surface area contributed by atoms with Gasteiger partial charge in [-0.05, 0) is 46.4 Å². The highest BCUT2D eigenvalue weighted by atomic mass is 127. The number of carbonyl (C=O) groups is 1. The Hall–Kier alpha value is -1.56. The van der Waals surface area contributed by atoms with Crippen LogP contribution >= 0.6 is 22.6 Å². The normalized spacial score (nSPS) is 13.9. The van der Waals surface area contributed by atoms with Gasteiger partial charge in [0.25, 0.3) is 5.91 Å². The number of rotatable bonds is 2. The van der Waals surface area contributed by atoms with E-state index >= 15 is 0 Å². The minimum Gasteiger partial charge on any atom is -0.349 e. The van der Waals surface area contributed by atoms with Gasteiger partial charge in [-0.2, -0.15) is 0 Å². The molecule has 1 aliphatic rings. The lowest BCUT2D eigenvalue weighted by atomic mass is 10.1. The number of carbonyl (C=O) groups excluding carboxylic acids is 1. The molecule has 0 radical (unpaired) electrons. The van der Waals surface area contributed by atoms with Crippen LogP contribution in [0.25, 0.3) is 0 Å². The van der Waals surface area contributed by atoms with E-state index in [0.717, 1.165) is 17.8 Å². The third-order valence-electron chi connectivity index (χ3n) is 3.24. The Morgan fingerprint density at radius 1 is 1.11 bits per heavy atom. The van der Waals surface area contributed by atoms with Gasteiger partial charge in [0.15, 0.2) is 0 Å². The first-order valence-electron chi connectivity index (χ1n) is 6.11. The first-order chi connectivity index (χ1) is 9.25. The van der Waals surface area contributed by atoms with Crippen molar-refractivity contribution in [1.82, 2.24) is 5.32 Å². The number of benzene rings is 2. The zero-order chi connectivity index (χ0) is 13.2. The summed E-state index contributed by atoms with van der Waals surface area (Å²) in [6, 6.07) is 16.1. The number of nitrogens with zero attached hydrogens (tertiary/aromatic N) is 1. The summed E-state index contributed by atoms with van der Waals surface area (Å²) in [6.07, 6.45) is 0. The van der Waals surface area contributed by atoms with Crippen LogP contribution in [0.4, 0.5) is 5.69 Å². The number of halogens is 1. The van der Waals surface area contributed by atoms with E-state index in [1.54, 1.807) is 0 Å².